The molecule has 64 valence electrons. The first-order valence-corrected chi connectivity index (χ1v) is 4.80. The maximum Gasteiger partial charge on any atom is 0.239 e. The molecule has 0 saturated heterocycles. The van der Waals surface area contributed by atoms with Crippen molar-refractivity contribution < 1.29 is 4.79 Å². The summed E-state index contributed by atoms with van der Waals surface area (Å²) in [5, 5.41) is -0.388. The molecule has 0 bridgehead atoms. The fourth-order valence-electron chi connectivity index (χ4n) is 0.959. The zero-order valence-electron chi connectivity index (χ0n) is 6.55. The molecule has 0 heterocycles. The highest BCUT2D eigenvalue weighted by molar-refractivity contribution is 9.09. The van der Waals surface area contributed by atoms with Crippen LogP contribution in [0.2, 0.25) is 0 Å². The van der Waals surface area contributed by atoms with Gasteiger partial charge in [0.1, 0.15) is 4.83 Å². The zero-order chi connectivity index (χ0) is 9.14. The van der Waals surface area contributed by atoms with Crippen molar-refractivity contribution in [1.82, 2.24) is 0 Å². The van der Waals surface area contributed by atoms with Gasteiger partial charge in [0, 0.05) is 0 Å². The quantitative estimate of drug-likeness (QED) is 0.579. The van der Waals surface area contributed by atoms with Gasteiger partial charge in [-0.3, -0.25) is 4.79 Å². The van der Waals surface area contributed by atoms with Gasteiger partial charge in [0.2, 0.25) is 5.24 Å². The van der Waals surface area contributed by atoms with E-state index in [4.69, 9.17) is 11.6 Å². The van der Waals surface area contributed by atoms with Crippen LogP contribution in [0.4, 0.5) is 0 Å². The number of rotatable bonds is 2. The summed E-state index contributed by atoms with van der Waals surface area (Å²) in [4.78, 5) is 10.4. The number of aryl methyl sites for hydroxylation is 1. The Kier molecular flexibility index (Phi) is 3.29. The van der Waals surface area contributed by atoms with E-state index in [-0.39, 0.29) is 10.1 Å². The summed E-state index contributed by atoms with van der Waals surface area (Å²) >= 11 is 8.53. The van der Waals surface area contributed by atoms with Gasteiger partial charge in [0.05, 0.1) is 0 Å². The molecule has 0 amide bonds. The number of halogens is 2. The Labute approximate surface area is 84.9 Å². The Morgan fingerprint density at radius 3 is 2.75 bits per heavy atom. The molecule has 1 aromatic carbocycles. The Bertz CT molecular complexity index is 298. The van der Waals surface area contributed by atoms with Crippen molar-refractivity contribution in [1.29, 1.82) is 0 Å². The van der Waals surface area contributed by atoms with Gasteiger partial charge in [-0.15, -0.1) is 0 Å². The van der Waals surface area contributed by atoms with Crippen LogP contribution in [0.25, 0.3) is 0 Å². The molecule has 1 rings (SSSR count). The highest BCUT2D eigenvalue weighted by atomic mass is 79.9. The molecule has 3 heteroatoms. The first-order valence-electron chi connectivity index (χ1n) is 3.51. The van der Waals surface area contributed by atoms with Gasteiger partial charge in [-0.1, -0.05) is 45.8 Å². The highest BCUT2D eigenvalue weighted by Gasteiger charge is 2.13. The molecular weight excluding hydrogens is 239 g/mol. The Hall–Kier alpha value is -0.340. The Morgan fingerprint density at radius 1 is 1.58 bits per heavy atom. The Morgan fingerprint density at radius 2 is 2.25 bits per heavy atom. The van der Waals surface area contributed by atoms with Crippen molar-refractivity contribution in [2.24, 2.45) is 0 Å². The number of hydrogen-bond acceptors (Lipinski definition) is 1. The van der Waals surface area contributed by atoms with Crippen LogP contribution in [0.5, 0.6) is 0 Å². The summed E-state index contributed by atoms with van der Waals surface area (Å²) in [6, 6.07) is 7.67. The van der Waals surface area contributed by atoms with Gasteiger partial charge in [-0.05, 0) is 24.1 Å². The number of carbonyl (C=O) groups is 1. The third-order valence-corrected chi connectivity index (χ3v) is 2.96. The lowest BCUT2D eigenvalue weighted by Crippen LogP contribution is -1.97. The molecule has 0 aromatic heterocycles. The average Bonchev–Trinajstić information content (AvgIpc) is 2.03. The lowest BCUT2D eigenvalue weighted by atomic mass is 10.1. The van der Waals surface area contributed by atoms with Crippen LogP contribution in [-0.4, -0.2) is 5.24 Å². The van der Waals surface area contributed by atoms with Gasteiger partial charge in [-0.25, -0.2) is 0 Å². The van der Waals surface area contributed by atoms with Gasteiger partial charge < -0.3 is 0 Å². The fraction of sp³-hybridized carbons (Fsp3) is 0.222. The second-order valence-corrected chi connectivity index (χ2v) is 3.87. The van der Waals surface area contributed by atoms with Gasteiger partial charge in [-0.2, -0.15) is 0 Å². The normalized spacial score (nSPS) is 12.6. The van der Waals surface area contributed by atoms with E-state index in [1.54, 1.807) is 0 Å². The number of alkyl halides is 1. The van der Waals surface area contributed by atoms with E-state index < -0.39 is 0 Å². The first kappa shape index (κ1) is 9.75. The van der Waals surface area contributed by atoms with Gasteiger partial charge in [0.15, 0.2) is 0 Å². The van der Waals surface area contributed by atoms with Crippen molar-refractivity contribution in [3.63, 3.8) is 0 Å². The van der Waals surface area contributed by atoms with Crippen molar-refractivity contribution in [3.05, 3.63) is 35.4 Å². The molecule has 0 radical (unpaired) electrons. The lowest BCUT2D eigenvalue weighted by Gasteiger charge is -2.04. The molecule has 1 nitrogen and oxygen atoms in total. The van der Waals surface area contributed by atoms with Crippen LogP contribution in [0.3, 0.4) is 0 Å². The highest BCUT2D eigenvalue weighted by Crippen LogP contribution is 2.25. The molecule has 0 N–H and O–H groups in total. The number of carbonyl (C=O) groups excluding carboxylic acids is 1. The maximum absolute atomic E-state index is 10.8. The smallest absolute Gasteiger partial charge is 0.239 e. The Balaban J connectivity index is 2.95. The van der Waals surface area contributed by atoms with Crippen LogP contribution in [0.15, 0.2) is 24.3 Å². The molecular formula is C9H8BrClO. The molecule has 1 atom stereocenters. The fourth-order valence-corrected chi connectivity index (χ4v) is 1.37. The molecule has 0 aliphatic heterocycles. The molecule has 0 saturated carbocycles. The van der Waals surface area contributed by atoms with E-state index in [1.807, 2.05) is 31.2 Å². The predicted octanol–water partition coefficient (Wildman–Crippen LogP) is 3.20. The summed E-state index contributed by atoms with van der Waals surface area (Å²) in [6.07, 6.45) is 0. The van der Waals surface area contributed by atoms with Crippen molar-refractivity contribution in [2.45, 2.75) is 11.8 Å². The monoisotopic (exact) mass is 246 g/mol. The molecule has 0 spiro atoms. The second-order valence-electron chi connectivity index (χ2n) is 2.58. The molecule has 0 aliphatic rings. The van der Waals surface area contributed by atoms with Gasteiger partial charge in [0.25, 0.3) is 0 Å². The summed E-state index contributed by atoms with van der Waals surface area (Å²) in [5.41, 5.74) is 2.02. The number of hydrogen-bond donors (Lipinski definition) is 0. The minimum absolute atomic E-state index is 0.388. The van der Waals surface area contributed by atoms with Crippen LogP contribution < -0.4 is 0 Å². The zero-order valence-corrected chi connectivity index (χ0v) is 8.89. The summed E-state index contributed by atoms with van der Waals surface area (Å²) in [5.74, 6) is 0. The average molecular weight is 248 g/mol. The maximum atomic E-state index is 10.8. The van der Waals surface area contributed by atoms with Crippen LogP contribution in [-0.2, 0) is 4.79 Å². The van der Waals surface area contributed by atoms with Crippen molar-refractivity contribution in [3.8, 4) is 0 Å². The summed E-state index contributed by atoms with van der Waals surface area (Å²) in [7, 11) is 0. The van der Waals surface area contributed by atoms with Crippen LogP contribution in [0.1, 0.15) is 16.0 Å². The minimum Gasteiger partial charge on any atom is -0.280 e. The first-order chi connectivity index (χ1) is 5.61. The van der Waals surface area contributed by atoms with Crippen molar-refractivity contribution in [2.75, 3.05) is 0 Å². The van der Waals surface area contributed by atoms with Crippen LogP contribution >= 0.6 is 27.5 Å². The van der Waals surface area contributed by atoms with E-state index in [2.05, 4.69) is 15.9 Å². The largest absolute Gasteiger partial charge is 0.280 e. The molecule has 0 aliphatic carbocycles. The van der Waals surface area contributed by atoms with E-state index in [9.17, 15) is 4.79 Å². The lowest BCUT2D eigenvalue weighted by molar-refractivity contribution is -0.111. The third kappa shape index (κ3) is 2.32. The molecule has 12 heavy (non-hydrogen) atoms. The SMILES string of the molecule is Cc1cccc(C(Br)C(=O)Cl)c1. The molecule has 0 fully saturated rings. The summed E-state index contributed by atoms with van der Waals surface area (Å²) in [6.45, 7) is 1.97. The van der Waals surface area contributed by atoms with Crippen molar-refractivity contribution >= 4 is 32.8 Å². The third-order valence-electron chi connectivity index (χ3n) is 1.53. The second kappa shape index (κ2) is 4.06. The van der Waals surface area contributed by atoms with Crippen LogP contribution in [0, 0.1) is 6.92 Å². The molecule has 1 aromatic rings. The minimum atomic E-state index is -0.390. The number of benzene rings is 1. The summed E-state index contributed by atoms with van der Waals surface area (Å²) < 4.78 is 0. The molecule has 1 unspecified atom stereocenters. The van der Waals surface area contributed by atoms with Gasteiger partial charge >= 0.3 is 0 Å². The topological polar surface area (TPSA) is 17.1 Å². The predicted molar refractivity (Wildman–Crippen MR) is 53.7 cm³/mol. The van der Waals surface area contributed by atoms with E-state index in [1.165, 1.54) is 0 Å². The standard InChI is InChI=1S/C9H8BrClO/c1-6-3-2-4-7(5-6)8(10)9(11)12/h2-5,8H,1H3. The van der Waals surface area contributed by atoms with E-state index >= 15 is 0 Å². The van der Waals surface area contributed by atoms with E-state index in [0.717, 1.165) is 11.1 Å². The van der Waals surface area contributed by atoms with E-state index in [0.29, 0.717) is 0 Å².